The highest BCUT2D eigenvalue weighted by Gasteiger charge is 2.26. The Labute approximate surface area is 211 Å². The number of guanidine groups is 1. The zero-order valence-electron chi connectivity index (χ0n) is 19.9. The number of hydrogen-bond acceptors (Lipinski definition) is 7. The predicted molar refractivity (Wildman–Crippen MR) is 130 cm³/mol. The van der Waals surface area contributed by atoms with E-state index in [0.29, 0.717) is 12.0 Å². The van der Waals surface area contributed by atoms with Gasteiger partial charge in [0.25, 0.3) is 5.91 Å². The number of carbonyl (C=O) groups excluding carboxylic acids is 5. The molecule has 1 aromatic carbocycles. The van der Waals surface area contributed by atoms with Gasteiger partial charge in [0.15, 0.2) is 5.96 Å². The number of nitrogens with two attached hydrogens (primary N) is 2. The predicted octanol–water partition coefficient (Wildman–Crippen LogP) is -3.34. The third-order valence-electron chi connectivity index (χ3n) is 5.12. The summed E-state index contributed by atoms with van der Waals surface area (Å²) in [5, 5.41) is 21.1. The molecule has 2 rings (SSSR count). The first-order valence-corrected chi connectivity index (χ1v) is 11.3. The second-order valence-electron chi connectivity index (χ2n) is 8.11. The number of rotatable bonds is 6. The van der Waals surface area contributed by atoms with Gasteiger partial charge in [-0.2, -0.15) is 0 Å². The van der Waals surface area contributed by atoms with Crippen molar-refractivity contribution in [3.8, 4) is 0 Å². The van der Waals surface area contributed by atoms with Crippen LogP contribution < -0.4 is 38.1 Å². The summed E-state index contributed by atoms with van der Waals surface area (Å²) in [6, 6.07) is 3.79. The molecular weight excluding hydrogens is 488 g/mol. The largest absolute Gasteiger partial charge is 0.481 e. The lowest BCUT2D eigenvalue weighted by atomic mass is 10.1. The Hall–Kier alpha value is -4.69. The lowest BCUT2D eigenvalue weighted by Gasteiger charge is -2.20. The molecule has 37 heavy (non-hydrogen) atoms. The van der Waals surface area contributed by atoms with Crippen molar-refractivity contribution in [2.75, 3.05) is 19.6 Å². The molecule has 200 valence electrons. The molecule has 0 radical (unpaired) electrons. The van der Waals surface area contributed by atoms with Gasteiger partial charge in [0, 0.05) is 18.7 Å². The number of carbonyl (C=O) groups is 6. The third-order valence-corrected chi connectivity index (χ3v) is 5.12. The molecule has 0 aromatic heterocycles. The highest BCUT2D eigenvalue weighted by molar-refractivity contribution is 5.98. The number of hydrogen-bond donors (Lipinski definition) is 8. The van der Waals surface area contributed by atoms with Crippen LogP contribution >= 0.6 is 0 Å². The highest BCUT2D eigenvalue weighted by Crippen LogP contribution is 2.08. The average Bonchev–Trinajstić information content (AvgIpc) is 2.85. The molecule has 0 saturated carbocycles. The quantitative estimate of drug-likeness (QED) is 0.106. The van der Waals surface area contributed by atoms with Gasteiger partial charge in [-0.25, -0.2) is 0 Å². The topological polar surface area (TPSA) is 247 Å². The lowest BCUT2D eigenvalue weighted by molar-refractivity contribution is -0.140. The zero-order valence-corrected chi connectivity index (χ0v) is 19.9. The maximum Gasteiger partial charge on any atom is 0.305 e. The van der Waals surface area contributed by atoms with Gasteiger partial charge in [-0.3, -0.25) is 33.8 Å². The molecule has 1 aromatic rings. The van der Waals surface area contributed by atoms with Crippen molar-refractivity contribution in [1.29, 1.82) is 0 Å². The van der Waals surface area contributed by atoms with Crippen molar-refractivity contribution in [3.63, 3.8) is 0 Å². The summed E-state index contributed by atoms with van der Waals surface area (Å²) in [5.74, 6) is -5.04. The van der Waals surface area contributed by atoms with E-state index in [4.69, 9.17) is 16.6 Å². The van der Waals surface area contributed by atoms with Gasteiger partial charge in [-0.1, -0.05) is 12.1 Å². The van der Waals surface area contributed by atoms with Gasteiger partial charge >= 0.3 is 5.97 Å². The standard InChI is InChI=1S/C22H30N8O7/c23-22(24)25-6-2-5-14-20(36)28-11-17(32)29-15(8-18(33)34)21(37)27-10-16(31)26-9-12-3-1-4-13(7-12)19(35)30-14/h1,3-4,7,14-15H,2,5-6,8-11H2,(H,26,31)(H,27,37)(H,28,36)(H,29,32)(H,30,35)(H,33,34)(H4,23,24,25)/t14-,15-/m0/s1. The first-order chi connectivity index (χ1) is 17.5. The first-order valence-electron chi connectivity index (χ1n) is 11.3. The number of benzene rings is 1. The van der Waals surface area contributed by atoms with Gasteiger partial charge in [0.2, 0.25) is 23.6 Å². The SMILES string of the molecule is NC(N)=NCCC[C@@H]1NC(=O)c2cccc(c2)CNC(=O)CNC(=O)[C@H](CC(=O)O)NC(=O)CNC1=O. The number of aliphatic carboxylic acids is 1. The van der Waals surface area contributed by atoms with Crippen molar-refractivity contribution in [3.05, 3.63) is 35.4 Å². The van der Waals surface area contributed by atoms with Gasteiger partial charge in [0.05, 0.1) is 19.5 Å². The van der Waals surface area contributed by atoms with E-state index in [1.54, 1.807) is 12.1 Å². The minimum Gasteiger partial charge on any atom is -0.481 e. The fourth-order valence-corrected chi connectivity index (χ4v) is 3.31. The maximum atomic E-state index is 12.9. The summed E-state index contributed by atoms with van der Waals surface area (Å²) in [4.78, 5) is 77.5. The van der Waals surface area contributed by atoms with Gasteiger partial charge in [-0.15, -0.1) is 0 Å². The summed E-state index contributed by atoms with van der Waals surface area (Å²) >= 11 is 0. The molecule has 0 spiro atoms. The fraction of sp³-hybridized carbons (Fsp3) is 0.409. The molecule has 1 aliphatic rings. The van der Waals surface area contributed by atoms with E-state index in [-0.39, 0.29) is 31.0 Å². The van der Waals surface area contributed by atoms with Gasteiger partial charge in [-0.05, 0) is 30.5 Å². The second-order valence-corrected chi connectivity index (χ2v) is 8.11. The highest BCUT2D eigenvalue weighted by atomic mass is 16.4. The molecule has 5 amide bonds. The molecular formula is C22H30N8O7. The van der Waals surface area contributed by atoms with E-state index < -0.39 is 67.1 Å². The second kappa shape index (κ2) is 14.0. The molecule has 0 saturated heterocycles. The monoisotopic (exact) mass is 518 g/mol. The Morgan fingerprint density at radius 1 is 0.919 bits per heavy atom. The molecule has 0 unspecified atom stereocenters. The number of carboxylic acid groups (broad SMARTS) is 1. The van der Waals surface area contributed by atoms with Crippen LogP contribution in [0.3, 0.4) is 0 Å². The number of aliphatic imine (C=N–C) groups is 1. The summed E-state index contributed by atoms with van der Waals surface area (Å²) < 4.78 is 0. The van der Waals surface area contributed by atoms with Crippen LogP contribution in [0, 0.1) is 0 Å². The van der Waals surface area contributed by atoms with E-state index in [9.17, 15) is 28.8 Å². The van der Waals surface area contributed by atoms with Crippen molar-refractivity contribution in [2.45, 2.75) is 37.9 Å². The number of nitrogens with zero attached hydrogens (tertiary/aromatic N) is 1. The summed E-state index contributed by atoms with van der Waals surface area (Å²) in [6.07, 6.45) is -0.283. The van der Waals surface area contributed by atoms with Crippen LogP contribution in [0.4, 0.5) is 0 Å². The van der Waals surface area contributed by atoms with E-state index in [1.165, 1.54) is 12.1 Å². The molecule has 10 N–H and O–H groups in total. The number of fused-ring (bicyclic) bond motifs is 2. The van der Waals surface area contributed by atoms with E-state index in [1.807, 2.05) is 0 Å². The third kappa shape index (κ3) is 10.2. The van der Waals surface area contributed by atoms with Crippen LogP contribution in [0.15, 0.2) is 29.3 Å². The van der Waals surface area contributed by atoms with Crippen molar-refractivity contribution < 1.29 is 33.9 Å². The lowest BCUT2D eigenvalue weighted by Crippen LogP contribution is -2.53. The van der Waals surface area contributed by atoms with Crippen molar-refractivity contribution in [2.24, 2.45) is 16.5 Å². The van der Waals surface area contributed by atoms with Crippen molar-refractivity contribution >= 4 is 41.5 Å². The molecule has 15 heteroatoms. The van der Waals surface area contributed by atoms with Gasteiger partial charge in [0.1, 0.15) is 12.1 Å². The summed E-state index contributed by atoms with van der Waals surface area (Å²) in [5.41, 5.74) is 11.4. The molecule has 15 nitrogen and oxygen atoms in total. The van der Waals surface area contributed by atoms with Crippen molar-refractivity contribution in [1.82, 2.24) is 26.6 Å². The van der Waals surface area contributed by atoms with Crippen LogP contribution in [-0.4, -0.2) is 78.3 Å². The smallest absolute Gasteiger partial charge is 0.305 e. The normalized spacial score (nSPS) is 19.6. The van der Waals surface area contributed by atoms with Crippen LogP contribution in [0.1, 0.15) is 35.2 Å². The molecule has 0 fully saturated rings. The average molecular weight is 519 g/mol. The minimum absolute atomic E-state index is 0.0353. The fourth-order valence-electron chi connectivity index (χ4n) is 3.31. The molecule has 1 heterocycles. The minimum atomic E-state index is -1.49. The van der Waals surface area contributed by atoms with Crippen LogP contribution in [0.25, 0.3) is 0 Å². The Morgan fingerprint density at radius 2 is 1.59 bits per heavy atom. The summed E-state index contributed by atoms with van der Waals surface area (Å²) in [7, 11) is 0. The Kier molecular flexibility index (Phi) is 10.8. The van der Waals surface area contributed by atoms with E-state index in [0.717, 1.165) is 0 Å². The van der Waals surface area contributed by atoms with Gasteiger partial charge < -0.3 is 43.2 Å². The van der Waals surface area contributed by atoms with Crippen LogP contribution in [0.2, 0.25) is 0 Å². The zero-order chi connectivity index (χ0) is 27.4. The molecule has 1 aliphatic heterocycles. The summed E-state index contributed by atoms with van der Waals surface area (Å²) in [6.45, 7) is -0.834. The first kappa shape index (κ1) is 28.5. The number of nitrogens with one attached hydrogen (secondary N) is 5. The maximum absolute atomic E-state index is 12.9. The Balaban J connectivity index is 2.26. The molecule has 2 bridgehead atoms. The number of carboxylic acids is 1. The van der Waals surface area contributed by atoms with E-state index >= 15 is 0 Å². The molecule has 0 aliphatic carbocycles. The Morgan fingerprint density at radius 3 is 2.27 bits per heavy atom. The van der Waals surface area contributed by atoms with E-state index in [2.05, 4.69) is 31.6 Å². The molecule has 2 atom stereocenters. The van der Waals surface area contributed by atoms with Crippen LogP contribution in [0.5, 0.6) is 0 Å². The number of amides is 5. The Bertz CT molecular complexity index is 1070. The van der Waals surface area contributed by atoms with Crippen LogP contribution in [-0.2, 0) is 30.5 Å².